The molecule has 0 amide bonds. The molecule has 112 valence electrons. The van der Waals surface area contributed by atoms with Crippen LogP contribution < -0.4 is 5.32 Å². The van der Waals surface area contributed by atoms with Crippen LogP contribution in [0.2, 0.25) is 0 Å². The summed E-state index contributed by atoms with van der Waals surface area (Å²) in [4.78, 5) is 0. The highest BCUT2D eigenvalue weighted by atomic mass is 35.5. The summed E-state index contributed by atoms with van der Waals surface area (Å²) in [6.07, 6.45) is 1.84. The molecule has 0 aliphatic carbocycles. The van der Waals surface area contributed by atoms with E-state index in [9.17, 15) is 0 Å². The topological polar surface area (TPSA) is 47.7 Å². The first-order chi connectivity index (χ1) is 9.10. The molecule has 0 aliphatic rings. The smallest absolute Gasteiger partial charge is 0.148 e. The summed E-state index contributed by atoms with van der Waals surface area (Å²) in [5, 5.41) is 12.2. The van der Waals surface area contributed by atoms with Gasteiger partial charge in [-0.1, -0.05) is 13.8 Å². The van der Waals surface area contributed by atoms with E-state index < -0.39 is 0 Å². The number of rotatable bonds is 6. The molecule has 20 heavy (non-hydrogen) atoms. The van der Waals surface area contributed by atoms with Crippen molar-refractivity contribution in [3.63, 3.8) is 0 Å². The third kappa shape index (κ3) is 4.00. The van der Waals surface area contributed by atoms with Gasteiger partial charge >= 0.3 is 0 Å². The fraction of sp³-hybridized carbons (Fsp3) is 0.571. The Morgan fingerprint density at radius 2 is 2.05 bits per heavy atom. The van der Waals surface area contributed by atoms with E-state index in [1.807, 2.05) is 16.9 Å². The molecule has 0 unspecified atom stereocenters. The molecular weight excluding hydrogens is 274 g/mol. The first-order valence-corrected chi connectivity index (χ1v) is 6.89. The Morgan fingerprint density at radius 3 is 2.70 bits per heavy atom. The summed E-state index contributed by atoms with van der Waals surface area (Å²) in [7, 11) is 0. The maximum Gasteiger partial charge on any atom is 0.148 e. The Morgan fingerprint density at radius 1 is 1.30 bits per heavy atom. The van der Waals surface area contributed by atoms with Crippen LogP contribution in [0.1, 0.15) is 32.2 Å². The minimum atomic E-state index is 0. The number of aryl methyl sites for hydroxylation is 2. The van der Waals surface area contributed by atoms with Crippen molar-refractivity contribution in [3.05, 3.63) is 29.7 Å². The number of hydrogen-bond acceptors (Lipinski definition) is 3. The van der Waals surface area contributed by atoms with Gasteiger partial charge in [0.1, 0.15) is 5.82 Å². The predicted octanol–water partition coefficient (Wildman–Crippen LogP) is 3.10. The van der Waals surface area contributed by atoms with E-state index in [4.69, 9.17) is 0 Å². The van der Waals surface area contributed by atoms with Crippen molar-refractivity contribution in [2.45, 2.75) is 47.3 Å². The SMILES string of the molecule is CCn1nccc1CNc1cc(C)n(CC(C)C)n1.Cl. The zero-order chi connectivity index (χ0) is 13.8. The molecule has 2 aromatic rings. The molecule has 5 nitrogen and oxygen atoms in total. The van der Waals surface area contributed by atoms with E-state index in [-0.39, 0.29) is 12.4 Å². The van der Waals surface area contributed by atoms with E-state index in [0.717, 1.165) is 25.5 Å². The molecule has 0 fully saturated rings. The third-order valence-corrected chi connectivity index (χ3v) is 3.07. The first kappa shape index (κ1) is 16.6. The third-order valence-electron chi connectivity index (χ3n) is 3.07. The summed E-state index contributed by atoms with van der Waals surface area (Å²) in [5.41, 5.74) is 2.37. The van der Waals surface area contributed by atoms with Crippen molar-refractivity contribution in [2.75, 3.05) is 5.32 Å². The summed E-state index contributed by atoms with van der Waals surface area (Å²) in [6, 6.07) is 4.13. The van der Waals surface area contributed by atoms with E-state index in [1.165, 1.54) is 11.4 Å². The number of halogens is 1. The Balaban J connectivity index is 0.00000200. The number of nitrogens with zero attached hydrogens (tertiary/aromatic N) is 4. The van der Waals surface area contributed by atoms with Crippen molar-refractivity contribution in [2.24, 2.45) is 5.92 Å². The maximum absolute atomic E-state index is 4.58. The Labute approximate surface area is 126 Å². The van der Waals surface area contributed by atoms with E-state index >= 15 is 0 Å². The second-order valence-corrected chi connectivity index (χ2v) is 5.24. The van der Waals surface area contributed by atoms with Crippen molar-refractivity contribution in [1.29, 1.82) is 0 Å². The van der Waals surface area contributed by atoms with Gasteiger partial charge < -0.3 is 5.32 Å². The van der Waals surface area contributed by atoms with Crippen LogP contribution in [0.4, 0.5) is 5.82 Å². The van der Waals surface area contributed by atoms with E-state index in [1.54, 1.807) is 0 Å². The molecule has 0 saturated heterocycles. The monoisotopic (exact) mass is 297 g/mol. The minimum absolute atomic E-state index is 0. The Kier molecular flexibility index (Phi) is 6.07. The maximum atomic E-state index is 4.58. The molecule has 0 bridgehead atoms. The molecule has 0 atom stereocenters. The number of anilines is 1. The largest absolute Gasteiger partial charge is 0.363 e. The second kappa shape index (κ2) is 7.33. The van der Waals surface area contributed by atoms with Crippen LogP contribution >= 0.6 is 12.4 Å². The highest BCUT2D eigenvalue weighted by Gasteiger charge is 2.06. The zero-order valence-corrected chi connectivity index (χ0v) is 13.4. The standard InChI is InChI=1S/C14H23N5.ClH/c1-5-18-13(6-7-16-18)9-15-14-8-12(4)19(17-14)10-11(2)3;/h6-8,11H,5,9-10H2,1-4H3,(H,15,17);1H. The second-order valence-electron chi connectivity index (χ2n) is 5.24. The van der Waals surface area contributed by atoms with Crippen LogP contribution in [0.3, 0.4) is 0 Å². The average molecular weight is 298 g/mol. The van der Waals surface area contributed by atoms with Crippen LogP contribution in [0.5, 0.6) is 0 Å². The van der Waals surface area contributed by atoms with Crippen LogP contribution in [-0.4, -0.2) is 19.6 Å². The highest BCUT2D eigenvalue weighted by molar-refractivity contribution is 5.85. The van der Waals surface area contributed by atoms with Crippen molar-refractivity contribution in [1.82, 2.24) is 19.6 Å². The van der Waals surface area contributed by atoms with Gasteiger partial charge in [0.2, 0.25) is 0 Å². The summed E-state index contributed by atoms with van der Waals surface area (Å²) < 4.78 is 4.05. The Hall–Kier alpha value is -1.49. The molecule has 2 heterocycles. The number of hydrogen-bond donors (Lipinski definition) is 1. The van der Waals surface area contributed by atoms with Gasteiger partial charge in [0.25, 0.3) is 0 Å². The lowest BCUT2D eigenvalue weighted by atomic mass is 10.2. The molecule has 2 rings (SSSR count). The summed E-state index contributed by atoms with van der Waals surface area (Å²) in [5.74, 6) is 1.54. The van der Waals surface area contributed by atoms with Crippen molar-refractivity contribution in [3.8, 4) is 0 Å². The molecule has 0 spiro atoms. The fourth-order valence-corrected chi connectivity index (χ4v) is 2.10. The minimum Gasteiger partial charge on any atom is -0.363 e. The van der Waals surface area contributed by atoms with E-state index in [0.29, 0.717) is 5.92 Å². The molecule has 0 aliphatic heterocycles. The average Bonchev–Trinajstić information content (AvgIpc) is 2.93. The number of aromatic nitrogens is 4. The molecule has 0 radical (unpaired) electrons. The first-order valence-electron chi connectivity index (χ1n) is 6.89. The van der Waals surface area contributed by atoms with Gasteiger partial charge in [0.15, 0.2) is 0 Å². The Bertz CT molecular complexity index is 529. The van der Waals surface area contributed by atoms with Gasteiger partial charge in [-0.3, -0.25) is 9.36 Å². The van der Waals surface area contributed by atoms with Crippen LogP contribution in [0.15, 0.2) is 18.3 Å². The van der Waals surface area contributed by atoms with Crippen LogP contribution in [0, 0.1) is 12.8 Å². The van der Waals surface area contributed by atoms with Crippen LogP contribution in [0.25, 0.3) is 0 Å². The highest BCUT2D eigenvalue weighted by Crippen LogP contribution is 2.12. The van der Waals surface area contributed by atoms with Crippen LogP contribution in [-0.2, 0) is 19.6 Å². The fourth-order valence-electron chi connectivity index (χ4n) is 2.10. The van der Waals surface area contributed by atoms with Crippen molar-refractivity contribution < 1.29 is 0 Å². The van der Waals surface area contributed by atoms with Gasteiger partial charge in [-0.2, -0.15) is 10.2 Å². The molecule has 2 aromatic heterocycles. The molecular formula is C14H24ClN5. The molecule has 1 N–H and O–H groups in total. The zero-order valence-electron chi connectivity index (χ0n) is 12.6. The molecule has 0 aromatic carbocycles. The van der Waals surface area contributed by atoms with Crippen molar-refractivity contribution >= 4 is 18.2 Å². The summed E-state index contributed by atoms with van der Waals surface area (Å²) >= 11 is 0. The molecule has 6 heteroatoms. The quantitative estimate of drug-likeness (QED) is 0.891. The lowest BCUT2D eigenvalue weighted by Crippen LogP contribution is -2.10. The lowest BCUT2D eigenvalue weighted by molar-refractivity contribution is 0.475. The van der Waals surface area contributed by atoms with E-state index in [2.05, 4.69) is 54.0 Å². The number of nitrogens with one attached hydrogen (secondary N) is 1. The van der Waals surface area contributed by atoms with Gasteiger partial charge in [-0.05, 0) is 25.8 Å². The lowest BCUT2D eigenvalue weighted by Gasteiger charge is -2.07. The molecule has 0 saturated carbocycles. The predicted molar refractivity (Wildman–Crippen MR) is 84.3 cm³/mol. The summed E-state index contributed by atoms with van der Waals surface area (Å²) in [6.45, 7) is 11.2. The van der Waals surface area contributed by atoms with Gasteiger partial charge in [-0.15, -0.1) is 12.4 Å². The van der Waals surface area contributed by atoms with Gasteiger partial charge in [0, 0.05) is 31.0 Å². The van der Waals surface area contributed by atoms with Gasteiger partial charge in [-0.25, -0.2) is 0 Å². The normalized spacial score (nSPS) is 10.7. The van der Waals surface area contributed by atoms with Gasteiger partial charge in [0.05, 0.1) is 12.2 Å².